The summed E-state index contributed by atoms with van der Waals surface area (Å²) < 4.78 is 0. The minimum atomic E-state index is -0.508. The lowest BCUT2D eigenvalue weighted by Crippen LogP contribution is -2.40. The van der Waals surface area contributed by atoms with Crippen molar-refractivity contribution in [3.05, 3.63) is 47.5 Å². The highest BCUT2D eigenvalue weighted by atomic mass is 32.1. The van der Waals surface area contributed by atoms with Gasteiger partial charge in [-0.25, -0.2) is 0 Å². The average molecular weight is 459 g/mol. The number of nitrogens with one attached hydrogen (secondary N) is 1. The first-order valence-electron chi connectivity index (χ1n) is 12.0. The van der Waals surface area contributed by atoms with E-state index in [1.54, 1.807) is 11.3 Å². The van der Waals surface area contributed by atoms with Crippen molar-refractivity contribution in [2.75, 3.05) is 19.6 Å². The van der Waals surface area contributed by atoms with Gasteiger partial charge in [0.2, 0.25) is 5.91 Å². The first-order chi connectivity index (χ1) is 16.1. The van der Waals surface area contributed by atoms with E-state index in [9.17, 15) is 9.59 Å². The molecule has 1 N–H and O–H groups in total. The SMILES string of the molecule is O=C(C1CC1)N1CC[C@@H](CN2C(=O)C3(CC3)N=C2c2ccc(-c3ccc4[nH]ccc4c3)s2)C1. The summed E-state index contributed by atoms with van der Waals surface area (Å²) in [5, 5.41) is 1.20. The Bertz CT molecular complexity index is 1310. The van der Waals surface area contributed by atoms with Crippen LogP contribution < -0.4 is 0 Å². The number of aliphatic imine (C=N–C) groups is 1. The van der Waals surface area contributed by atoms with E-state index >= 15 is 0 Å². The van der Waals surface area contributed by atoms with Crippen molar-refractivity contribution in [3.63, 3.8) is 0 Å². The number of thiophene rings is 1. The number of aromatic nitrogens is 1. The van der Waals surface area contributed by atoms with Crippen LogP contribution in [0.25, 0.3) is 21.3 Å². The van der Waals surface area contributed by atoms with Crippen LogP contribution in [0.15, 0.2) is 47.6 Å². The number of H-pyrrole nitrogens is 1. The summed E-state index contributed by atoms with van der Waals surface area (Å²) in [5.74, 6) is 1.90. The summed E-state index contributed by atoms with van der Waals surface area (Å²) in [6.45, 7) is 2.26. The number of hydrogen-bond acceptors (Lipinski definition) is 4. The Morgan fingerprint density at radius 2 is 1.97 bits per heavy atom. The Hall–Kier alpha value is -2.93. The number of benzene rings is 1. The third kappa shape index (κ3) is 3.24. The zero-order valence-corrected chi connectivity index (χ0v) is 19.2. The van der Waals surface area contributed by atoms with E-state index in [-0.39, 0.29) is 11.8 Å². The highest BCUT2D eigenvalue weighted by Crippen LogP contribution is 2.47. The maximum absolute atomic E-state index is 13.3. The molecule has 0 unspecified atom stereocenters. The lowest BCUT2D eigenvalue weighted by atomic mass is 10.1. The van der Waals surface area contributed by atoms with E-state index < -0.39 is 5.54 Å². The lowest BCUT2D eigenvalue weighted by molar-refractivity contribution is -0.131. The van der Waals surface area contributed by atoms with Crippen molar-refractivity contribution in [1.82, 2.24) is 14.8 Å². The highest BCUT2D eigenvalue weighted by Gasteiger charge is 2.57. The van der Waals surface area contributed by atoms with Crippen LogP contribution in [0.4, 0.5) is 0 Å². The molecule has 6 nitrogen and oxygen atoms in total. The van der Waals surface area contributed by atoms with Gasteiger partial charge in [0.15, 0.2) is 0 Å². The first-order valence-corrected chi connectivity index (χ1v) is 12.8. The van der Waals surface area contributed by atoms with Crippen molar-refractivity contribution < 1.29 is 9.59 Å². The summed E-state index contributed by atoms with van der Waals surface area (Å²) in [6.07, 6.45) is 6.72. The number of aromatic amines is 1. The largest absolute Gasteiger partial charge is 0.361 e. The molecule has 2 aliphatic carbocycles. The molecule has 2 aliphatic heterocycles. The standard InChI is InChI=1S/C26H26N4O2S/c31-24(17-1-2-17)29-12-8-16(14-29)15-30-23(28-26(9-10-26)25(30)32)22-6-5-21(33-22)19-3-4-20-18(13-19)7-11-27-20/h3-7,11,13,16-17,27H,1-2,8-10,12,14-15H2/t16-/m1/s1. The fourth-order valence-electron chi connectivity index (χ4n) is 5.31. The monoisotopic (exact) mass is 458 g/mol. The van der Waals surface area contributed by atoms with E-state index in [0.29, 0.717) is 18.4 Å². The molecule has 4 heterocycles. The van der Waals surface area contributed by atoms with Crippen LogP contribution in [0.3, 0.4) is 0 Å². The van der Waals surface area contributed by atoms with E-state index in [1.807, 2.05) is 16.0 Å². The third-order valence-electron chi connectivity index (χ3n) is 7.57. The second-order valence-corrected chi connectivity index (χ2v) is 11.1. The van der Waals surface area contributed by atoms with Gasteiger partial charge in [0.1, 0.15) is 11.4 Å². The molecule has 1 atom stereocenters. The van der Waals surface area contributed by atoms with E-state index in [4.69, 9.17) is 4.99 Å². The van der Waals surface area contributed by atoms with Crippen molar-refractivity contribution in [2.45, 2.75) is 37.6 Å². The molecular weight excluding hydrogens is 432 g/mol. The molecule has 2 aromatic heterocycles. The molecule has 1 saturated heterocycles. The predicted molar refractivity (Wildman–Crippen MR) is 129 cm³/mol. The number of rotatable bonds is 5. The summed E-state index contributed by atoms with van der Waals surface area (Å²) in [6, 6.07) is 12.8. The number of fused-ring (bicyclic) bond motifs is 1. The second-order valence-electron chi connectivity index (χ2n) is 10.0. The number of likely N-dealkylation sites (tertiary alicyclic amines) is 1. The van der Waals surface area contributed by atoms with Crippen LogP contribution in [-0.2, 0) is 9.59 Å². The first kappa shape index (κ1) is 19.5. The molecule has 7 rings (SSSR count). The Kier molecular flexibility index (Phi) is 4.16. The lowest BCUT2D eigenvalue weighted by Gasteiger charge is -2.23. The van der Waals surface area contributed by atoms with Gasteiger partial charge in [0, 0.05) is 42.1 Å². The summed E-state index contributed by atoms with van der Waals surface area (Å²) in [4.78, 5) is 40.2. The minimum Gasteiger partial charge on any atom is -0.361 e. The number of carbonyl (C=O) groups is 2. The molecule has 0 bridgehead atoms. The maximum Gasteiger partial charge on any atom is 0.256 e. The zero-order chi connectivity index (χ0) is 22.2. The quantitative estimate of drug-likeness (QED) is 0.620. The van der Waals surface area contributed by atoms with Gasteiger partial charge in [-0.1, -0.05) is 6.07 Å². The molecule has 2 saturated carbocycles. The van der Waals surface area contributed by atoms with Gasteiger partial charge in [-0.05, 0) is 79.3 Å². The van der Waals surface area contributed by atoms with Crippen molar-refractivity contribution in [1.29, 1.82) is 0 Å². The van der Waals surface area contributed by atoms with E-state index in [1.165, 1.54) is 15.8 Å². The van der Waals surface area contributed by atoms with Crippen LogP contribution in [0.1, 0.15) is 37.0 Å². The molecule has 1 spiro atoms. The fraction of sp³-hybridized carbons (Fsp3) is 0.423. The predicted octanol–water partition coefficient (Wildman–Crippen LogP) is 4.28. The molecule has 0 radical (unpaired) electrons. The topological polar surface area (TPSA) is 68.8 Å². The van der Waals surface area contributed by atoms with Gasteiger partial charge in [0.05, 0.1) is 4.88 Å². The molecular formula is C26H26N4O2S. The summed E-state index contributed by atoms with van der Waals surface area (Å²) in [7, 11) is 0. The van der Waals surface area contributed by atoms with E-state index in [2.05, 4.69) is 41.4 Å². The van der Waals surface area contributed by atoms with Gasteiger partial charge in [-0.2, -0.15) is 0 Å². The number of amidine groups is 1. The van der Waals surface area contributed by atoms with E-state index in [0.717, 1.165) is 61.4 Å². The molecule has 2 amide bonds. The molecule has 168 valence electrons. The van der Waals surface area contributed by atoms with Gasteiger partial charge < -0.3 is 9.88 Å². The van der Waals surface area contributed by atoms with Crippen molar-refractivity contribution in [2.24, 2.45) is 16.8 Å². The summed E-state index contributed by atoms with van der Waals surface area (Å²) >= 11 is 1.70. The molecule has 7 heteroatoms. The van der Waals surface area contributed by atoms with Crippen LogP contribution in [0, 0.1) is 11.8 Å². The van der Waals surface area contributed by atoms with Crippen LogP contribution in [0.5, 0.6) is 0 Å². The van der Waals surface area contributed by atoms with Crippen molar-refractivity contribution >= 4 is 39.9 Å². The smallest absolute Gasteiger partial charge is 0.256 e. The number of amides is 2. The highest BCUT2D eigenvalue weighted by molar-refractivity contribution is 7.17. The number of nitrogens with zero attached hydrogens (tertiary/aromatic N) is 3. The minimum absolute atomic E-state index is 0.160. The number of carbonyl (C=O) groups excluding carboxylic acids is 2. The Morgan fingerprint density at radius 3 is 2.79 bits per heavy atom. The molecule has 3 fully saturated rings. The second kappa shape index (κ2) is 7.03. The van der Waals surface area contributed by atoms with Gasteiger partial charge in [-0.3, -0.25) is 19.5 Å². The molecule has 1 aromatic carbocycles. The number of hydrogen-bond donors (Lipinski definition) is 1. The van der Waals surface area contributed by atoms with Gasteiger partial charge in [0.25, 0.3) is 5.91 Å². The Morgan fingerprint density at radius 1 is 1.12 bits per heavy atom. The Balaban J connectivity index is 1.14. The van der Waals surface area contributed by atoms with Gasteiger partial charge in [-0.15, -0.1) is 11.3 Å². The maximum atomic E-state index is 13.3. The third-order valence-corrected chi connectivity index (χ3v) is 8.70. The molecule has 3 aromatic rings. The Labute approximate surface area is 196 Å². The van der Waals surface area contributed by atoms with Gasteiger partial charge >= 0.3 is 0 Å². The normalized spacial score (nSPS) is 23.7. The summed E-state index contributed by atoms with van der Waals surface area (Å²) in [5.41, 5.74) is 1.81. The fourth-order valence-corrected chi connectivity index (χ4v) is 6.31. The van der Waals surface area contributed by atoms with Crippen LogP contribution in [-0.4, -0.2) is 57.6 Å². The van der Waals surface area contributed by atoms with Crippen molar-refractivity contribution in [3.8, 4) is 10.4 Å². The zero-order valence-electron chi connectivity index (χ0n) is 18.4. The molecule has 4 aliphatic rings. The average Bonchev–Trinajstić information content (AvgIpc) is 3.59. The van der Waals surface area contributed by atoms with Crippen LogP contribution >= 0.6 is 11.3 Å². The van der Waals surface area contributed by atoms with Crippen LogP contribution in [0.2, 0.25) is 0 Å². The molecule has 33 heavy (non-hydrogen) atoms.